The number of aromatic nitrogens is 2. The molecule has 2 aliphatic rings. The Morgan fingerprint density at radius 1 is 1.21 bits per heavy atom. The Hall–Kier alpha value is -2.27. The first-order chi connectivity index (χ1) is 11.7. The zero-order valence-electron chi connectivity index (χ0n) is 14.0. The molecule has 1 saturated heterocycles. The van der Waals surface area contributed by atoms with Gasteiger partial charge in [-0.2, -0.15) is 0 Å². The van der Waals surface area contributed by atoms with E-state index in [1.54, 1.807) is 0 Å². The second-order valence-electron chi connectivity index (χ2n) is 6.71. The Morgan fingerprint density at radius 2 is 2.04 bits per heavy atom. The number of benzene rings is 1. The second kappa shape index (κ2) is 6.32. The highest BCUT2D eigenvalue weighted by Crippen LogP contribution is 2.32. The molecule has 0 N–H and O–H groups in total. The molecule has 1 amide bonds. The quantitative estimate of drug-likeness (QED) is 0.852. The van der Waals surface area contributed by atoms with Crippen molar-refractivity contribution in [2.75, 3.05) is 20.1 Å². The third-order valence-electron chi connectivity index (χ3n) is 4.98. The van der Waals surface area contributed by atoms with Crippen LogP contribution in [-0.4, -0.2) is 45.8 Å². The van der Waals surface area contributed by atoms with Crippen molar-refractivity contribution in [1.82, 2.24) is 19.8 Å². The van der Waals surface area contributed by atoms with Gasteiger partial charge >= 0.3 is 0 Å². The summed E-state index contributed by atoms with van der Waals surface area (Å²) >= 11 is 0. The number of nitrogens with zero attached hydrogens (tertiary/aromatic N) is 4. The van der Waals surface area contributed by atoms with Gasteiger partial charge in [-0.3, -0.25) is 4.79 Å². The molecule has 124 valence electrons. The lowest BCUT2D eigenvalue weighted by Gasteiger charge is -2.27. The lowest BCUT2D eigenvalue weighted by atomic mass is 10.1. The Balaban J connectivity index is 1.60. The summed E-state index contributed by atoms with van der Waals surface area (Å²) in [6.07, 6.45) is 4.86. The van der Waals surface area contributed by atoms with E-state index < -0.39 is 0 Å². The molecule has 2 aliphatic heterocycles. The van der Waals surface area contributed by atoms with Crippen LogP contribution in [0.2, 0.25) is 0 Å². The molecule has 0 saturated carbocycles. The van der Waals surface area contributed by atoms with E-state index in [1.807, 2.05) is 41.4 Å². The van der Waals surface area contributed by atoms with Crippen molar-refractivity contribution in [2.24, 2.45) is 0 Å². The number of fused-ring (bicyclic) bond motifs is 1. The minimum absolute atomic E-state index is 0.00247. The molecule has 4 rings (SSSR count). The van der Waals surface area contributed by atoms with Crippen LogP contribution in [0, 0.1) is 0 Å². The number of amides is 1. The van der Waals surface area contributed by atoms with Crippen molar-refractivity contribution < 1.29 is 4.79 Å². The molecule has 0 bridgehead atoms. The predicted octanol–water partition coefficient (Wildman–Crippen LogP) is 2.44. The molecule has 5 nitrogen and oxygen atoms in total. The van der Waals surface area contributed by atoms with Gasteiger partial charge in [0.25, 0.3) is 5.91 Å². The number of rotatable bonds is 2. The number of carbonyl (C=O) groups is 1. The third-order valence-corrected chi connectivity index (χ3v) is 4.98. The molecule has 0 aliphatic carbocycles. The monoisotopic (exact) mass is 322 g/mol. The number of carbonyl (C=O) groups excluding carboxylic acids is 1. The van der Waals surface area contributed by atoms with Gasteiger partial charge in [-0.25, -0.2) is 9.97 Å². The van der Waals surface area contributed by atoms with Gasteiger partial charge in [0.15, 0.2) is 5.82 Å². The van der Waals surface area contributed by atoms with Gasteiger partial charge in [-0.05, 0) is 32.0 Å². The summed E-state index contributed by atoms with van der Waals surface area (Å²) in [5.41, 5.74) is 3.10. The molecule has 0 unspecified atom stereocenters. The highest BCUT2D eigenvalue weighted by Gasteiger charge is 2.33. The van der Waals surface area contributed by atoms with Crippen LogP contribution in [0.5, 0.6) is 0 Å². The van der Waals surface area contributed by atoms with Gasteiger partial charge in [-0.1, -0.05) is 18.2 Å². The lowest BCUT2D eigenvalue weighted by Crippen LogP contribution is -2.32. The highest BCUT2D eigenvalue weighted by atomic mass is 16.2. The van der Waals surface area contributed by atoms with Crippen LogP contribution in [0.4, 0.5) is 0 Å². The minimum Gasteiger partial charge on any atom is -0.328 e. The average Bonchev–Trinajstić information content (AvgIpc) is 3.11. The summed E-state index contributed by atoms with van der Waals surface area (Å²) in [6, 6.07) is 9.50. The Kier molecular flexibility index (Phi) is 4.02. The standard InChI is InChI=1S/C19H22N4O/c1-22-11-9-16-15(13-22)12-20-18(21-16)17-8-5-10-23(17)19(24)14-6-3-2-4-7-14/h2-4,6-7,12,17H,5,8-11,13H2,1H3/t17-/m1/s1. The van der Waals surface area contributed by atoms with Crippen molar-refractivity contribution in [2.45, 2.75) is 31.8 Å². The number of likely N-dealkylation sites (tertiary alicyclic amines) is 1. The molecular formula is C19H22N4O. The maximum atomic E-state index is 12.8. The van der Waals surface area contributed by atoms with Crippen LogP contribution in [0.1, 0.15) is 46.3 Å². The molecule has 1 aromatic heterocycles. The van der Waals surface area contributed by atoms with Crippen LogP contribution < -0.4 is 0 Å². The van der Waals surface area contributed by atoms with E-state index in [2.05, 4.69) is 16.9 Å². The number of hydrogen-bond acceptors (Lipinski definition) is 4. The van der Waals surface area contributed by atoms with E-state index in [4.69, 9.17) is 4.98 Å². The maximum Gasteiger partial charge on any atom is 0.254 e. The molecule has 3 heterocycles. The van der Waals surface area contributed by atoms with Crippen LogP contribution in [0.3, 0.4) is 0 Å². The van der Waals surface area contributed by atoms with Crippen molar-refractivity contribution >= 4 is 5.91 Å². The first kappa shape index (κ1) is 15.3. The summed E-state index contributed by atoms with van der Waals surface area (Å²) < 4.78 is 0. The lowest BCUT2D eigenvalue weighted by molar-refractivity contribution is 0.0729. The van der Waals surface area contributed by atoms with Gasteiger partial charge < -0.3 is 9.80 Å². The SMILES string of the molecule is CN1CCc2nc([C@H]3CCCN3C(=O)c3ccccc3)ncc2C1. The summed E-state index contributed by atoms with van der Waals surface area (Å²) in [7, 11) is 2.12. The number of hydrogen-bond donors (Lipinski definition) is 0. The average molecular weight is 322 g/mol. The summed E-state index contributed by atoms with van der Waals surface area (Å²) in [4.78, 5) is 26.5. The van der Waals surface area contributed by atoms with Gasteiger partial charge in [-0.15, -0.1) is 0 Å². The molecule has 1 aromatic carbocycles. The normalized spacial score (nSPS) is 20.9. The van der Waals surface area contributed by atoms with E-state index >= 15 is 0 Å². The van der Waals surface area contributed by atoms with E-state index in [-0.39, 0.29) is 11.9 Å². The molecule has 5 heteroatoms. The van der Waals surface area contributed by atoms with Crippen molar-refractivity contribution in [1.29, 1.82) is 0 Å². The van der Waals surface area contributed by atoms with E-state index in [9.17, 15) is 4.79 Å². The molecular weight excluding hydrogens is 300 g/mol. The van der Waals surface area contributed by atoms with Gasteiger partial charge in [0.05, 0.1) is 6.04 Å². The zero-order valence-corrected chi connectivity index (χ0v) is 14.0. The van der Waals surface area contributed by atoms with E-state index in [0.29, 0.717) is 0 Å². The third kappa shape index (κ3) is 2.80. The van der Waals surface area contributed by atoms with Gasteiger partial charge in [0.1, 0.15) is 0 Å². The summed E-state index contributed by atoms with van der Waals surface area (Å²) in [5.74, 6) is 0.888. The molecule has 24 heavy (non-hydrogen) atoms. The zero-order chi connectivity index (χ0) is 16.5. The largest absolute Gasteiger partial charge is 0.328 e. The summed E-state index contributed by atoms with van der Waals surface area (Å²) in [5, 5.41) is 0. The Labute approximate surface area is 142 Å². The molecule has 1 atom stereocenters. The Bertz CT molecular complexity index is 746. The predicted molar refractivity (Wildman–Crippen MR) is 91.5 cm³/mol. The summed E-state index contributed by atoms with van der Waals surface area (Å²) in [6.45, 7) is 2.72. The van der Waals surface area contributed by atoms with Gasteiger partial charge in [0.2, 0.25) is 0 Å². The van der Waals surface area contributed by atoms with Gasteiger partial charge in [0, 0.05) is 49.1 Å². The molecule has 0 spiro atoms. The molecule has 0 radical (unpaired) electrons. The first-order valence-corrected chi connectivity index (χ1v) is 8.61. The fourth-order valence-electron chi connectivity index (χ4n) is 3.66. The van der Waals surface area contributed by atoms with Crippen LogP contribution in [0.25, 0.3) is 0 Å². The topological polar surface area (TPSA) is 49.3 Å². The van der Waals surface area contributed by atoms with Crippen molar-refractivity contribution in [3.05, 3.63) is 59.2 Å². The van der Waals surface area contributed by atoms with Crippen LogP contribution in [-0.2, 0) is 13.0 Å². The first-order valence-electron chi connectivity index (χ1n) is 8.61. The fraction of sp³-hybridized carbons (Fsp3) is 0.421. The number of likely N-dealkylation sites (N-methyl/N-ethyl adjacent to an activating group) is 1. The van der Waals surface area contributed by atoms with Crippen molar-refractivity contribution in [3.8, 4) is 0 Å². The van der Waals surface area contributed by atoms with E-state index in [1.165, 1.54) is 5.56 Å². The maximum absolute atomic E-state index is 12.8. The van der Waals surface area contributed by atoms with Crippen LogP contribution in [0.15, 0.2) is 36.5 Å². The van der Waals surface area contributed by atoms with Crippen molar-refractivity contribution in [3.63, 3.8) is 0 Å². The molecule has 1 fully saturated rings. The highest BCUT2D eigenvalue weighted by molar-refractivity contribution is 5.94. The second-order valence-corrected chi connectivity index (χ2v) is 6.71. The Morgan fingerprint density at radius 3 is 2.88 bits per heavy atom. The fourth-order valence-corrected chi connectivity index (χ4v) is 3.66. The van der Waals surface area contributed by atoms with Crippen LogP contribution >= 0.6 is 0 Å². The minimum atomic E-state index is 0.00247. The smallest absolute Gasteiger partial charge is 0.254 e. The molecule has 2 aromatic rings. The van der Waals surface area contributed by atoms with E-state index in [0.717, 1.165) is 56.0 Å².